The predicted octanol–water partition coefficient (Wildman–Crippen LogP) is 2.67. The first-order chi connectivity index (χ1) is 5.74. The van der Waals surface area contributed by atoms with E-state index in [4.69, 9.17) is 0 Å². The molecule has 0 amide bonds. The zero-order valence-electron chi connectivity index (χ0n) is 6.14. The third-order valence-corrected chi connectivity index (χ3v) is 2.23. The van der Waals surface area contributed by atoms with Crippen LogP contribution in [0.3, 0.4) is 0 Å². The maximum Gasteiger partial charge on any atom is 0.269 e. The molecule has 0 aliphatic heterocycles. The molecule has 0 aliphatic carbocycles. The van der Waals surface area contributed by atoms with Crippen molar-refractivity contribution in [2.75, 3.05) is 0 Å². The Balaban J connectivity index is 2.78. The molecule has 1 rings (SSSR count). The summed E-state index contributed by atoms with van der Waals surface area (Å²) < 4.78 is 0. The maximum atomic E-state index is 10.3. The van der Waals surface area contributed by atoms with Crippen LogP contribution in [-0.4, -0.2) is 4.92 Å². The van der Waals surface area contributed by atoms with Gasteiger partial charge in [0, 0.05) is 17.9 Å². The van der Waals surface area contributed by atoms with Gasteiger partial charge in [-0.2, -0.15) is 0 Å². The molecule has 0 aromatic heterocycles. The van der Waals surface area contributed by atoms with E-state index in [0.29, 0.717) is 0 Å². The SMILES string of the molecule is O=[N+]([O-])c1ccc(CSS)cc1. The number of hydrogen-bond acceptors (Lipinski definition) is 4. The monoisotopic (exact) mass is 201 g/mol. The summed E-state index contributed by atoms with van der Waals surface area (Å²) in [6.45, 7) is 0. The van der Waals surface area contributed by atoms with E-state index in [-0.39, 0.29) is 5.69 Å². The first-order valence-corrected chi connectivity index (χ1v) is 5.27. The van der Waals surface area contributed by atoms with Crippen LogP contribution in [0.5, 0.6) is 0 Å². The molecule has 0 saturated carbocycles. The molecule has 3 nitrogen and oxygen atoms in total. The zero-order chi connectivity index (χ0) is 8.97. The molecule has 1 aromatic rings. The Morgan fingerprint density at radius 1 is 1.42 bits per heavy atom. The van der Waals surface area contributed by atoms with Gasteiger partial charge in [-0.3, -0.25) is 10.1 Å². The van der Waals surface area contributed by atoms with Crippen LogP contribution in [0.4, 0.5) is 5.69 Å². The summed E-state index contributed by atoms with van der Waals surface area (Å²) in [6, 6.07) is 6.47. The molecule has 0 atom stereocenters. The van der Waals surface area contributed by atoms with Crippen LogP contribution in [0.25, 0.3) is 0 Å². The molecule has 64 valence electrons. The van der Waals surface area contributed by atoms with Crippen LogP contribution in [0.1, 0.15) is 5.56 Å². The molecule has 0 N–H and O–H groups in total. The molecule has 0 heterocycles. The van der Waals surface area contributed by atoms with Gasteiger partial charge >= 0.3 is 0 Å². The van der Waals surface area contributed by atoms with Crippen LogP contribution in [0, 0.1) is 10.1 Å². The van der Waals surface area contributed by atoms with Crippen LogP contribution < -0.4 is 0 Å². The number of thiol groups is 1. The number of nitro groups is 1. The number of hydrogen-bond donors (Lipinski definition) is 1. The van der Waals surface area contributed by atoms with E-state index < -0.39 is 4.92 Å². The van der Waals surface area contributed by atoms with Crippen molar-refractivity contribution < 1.29 is 4.92 Å². The summed E-state index contributed by atoms with van der Waals surface area (Å²) in [7, 11) is 1.39. The fourth-order valence-corrected chi connectivity index (χ4v) is 1.58. The minimum absolute atomic E-state index is 0.128. The molecule has 5 heteroatoms. The molecule has 1 aromatic carbocycles. The van der Waals surface area contributed by atoms with Gasteiger partial charge in [0.15, 0.2) is 0 Å². The van der Waals surface area contributed by atoms with E-state index in [2.05, 4.69) is 11.7 Å². The molecule has 0 spiro atoms. The summed E-state index contributed by atoms with van der Waals surface area (Å²) in [6.07, 6.45) is 0. The average Bonchev–Trinajstić information content (AvgIpc) is 2.06. The number of non-ortho nitro benzene ring substituents is 1. The Morgan fingerprint density at radius 2 is 2.00 bits per heavy atom. The molecule has 0 bridgehead atoms. The van der Waals surface area contributed by atoms with Crippen LogP contribution >= 0.6 is 22.5 Å². The maximum absolute atomic E-state index is 10.3. The normalized spacial score (nSPS) is 9.75. The number of nitro benzene ring substituents is 1. The van der Waals surface area contributed by atoms with Gasteiger partial charge in [0.2, 0.25) is 0 Å². The first-order valence-electron chi connectivity index (χ1n) is 3.23. The van der Waals surface area contributed by atoms with Gasteiger partial charge in [-0.15, -0.1) is 11.7 Å². The fourth-order valence-electron chi connectivity index (χ4n) is 0.788. The Bertz CT molecular complexity index is 273. The van der Waals surface area contributed by atoms with Crippen LogP contribution in [0.15, 0.2) is 24.3 Å². The molecule has 0 saturated heterocycles. The van der Waals surface area contributed by atoms with E-state index in [1.54, 1.807) is 12.1 Å². The lowest BCUT2D eigenvalue weighted by Gasteiger charge is -1.95. The van der Waals surface area contributed by atoms with Gasteiger partial charge in [-0.1, -0.05) is 22.9 Å². The highest BCUT2D eigenvalue weighted by Crippen LogP contribution is 2.17. The minimum Gasteiger partial charge on any atom is -0.258 e. The second kappa shape index (κ2) is 4.37. The van der Waals surface area contributed by atoms with E-state index in [1.165, 1.54) is 22.9 Å². The topological polar surface area (TPSA) is 43.1 Å². The van der Waals surface area contributed by atoms with Gasteiger partial charge < -0.3 is 0 Å². The van der Waals surface area contributed by atoms with Crippen molar-refractivity contribution >= 4 is 28.1 Å². The van der Waals surface area contributed by atoms with E-state index in [9.17, 15) is 10.1 Å². The summed E-state index contributed by atoms with van der Waals surface area (Å²) in [5.41, 5.74) is 1.17. The van der Waals surface area contributed by atoms with Crippen molar-refractivity contribution in [3.05, 3.63) is 39.9 Å². The molecular weight excluding hydrogens is 194 g/mol. The predicted molar refractivity (Wildman–Crippen MR) is 53.4 cm³/mol. The van der Waals surface area contributed by atoms with E-state index in [1.807, 2.05) is 0 Å². The van der Waals surface area contributed by atoms with Crippen molar-refractivity contribution in [1.82, 2.24) is 0 Å². The molecule has 0 unspecified atom stereocenters. The van der Waals surface area contributed by atoms with Gasteiger partial charge in [0.25, 0.3) is 5.69 Å². The van der Waals surface area contributed by atoms with Gasteiger partial charge in [0.1, 0.15) is 0 Å². The molecule has 0 aliphatic rings. The van der Waals surface area contributed by atoms with E-state index in [0.717, 1.165) is 11.3 Å². The molecule has 12 heavy (non-hydrogen) atoms. The quantitative estimate of drug-likeness (QED) is 0.354. The molecule has 0 radical (unpaired) electrons. The second-order valence-corrected chi connectivity index (χ2v) is 3.52. The summed E-state index contributed by atoms with van der Waals surface area (Å²) in [4.78, 5) is 9.85. The third kappa shape index (κ3) is 2.42. The molecular formula is C7H7NO2S2. The third-order valence-electron chi connectivity index (χ3n) is 1.38. The highest BCUT2D eigenvalue weighted by atomic mass is 33.1. The zero-order valence-corrected chi connectivity index (χ0v) is 7.85. The number of benzene rings is 1. The summed E-state index contributed by atoms with van der Waals surface area (Å²) in [5, 5.41) is 10.3. The van der Waals surface area contributed by atoms with Crippen molar-refractivity contribution in [3.63, 3.8) is 0 Å². The van der Waals surface area contributed by atoms with E-state index >= 15 is 0 Å². The fraction of sp³-hybridized carbons (Fsp3) is 0.143. The Morgan fingerprint density at radius 3 is 2.42 bits per heavy atom. The largest absolute Gasteiger partial charge is 0.269 e. The average molecular weight is 201 g/mol. The van der Waals surface area contributed by atoms with Crippen molar-refractivity contribution in [2.45, 2.75) is 5.75 Å². The van der Waals surface area contributed by atoms with Crippen molar-refractivity contribution in [3.8, 4) is 0 Å². The van der Waals surface area contributed by atoms with Gasteiger partial charge in [-0.05, 0) is 5.56 Å². The lowest BCUT2D eigenvalue weighted by Crippen LogP contribution is -1.87. The van der Waals surface area contributed by atoms with Gasteiger partial charge in [0.05, 0.1) is 4.92 Å². The molecule has 0 fully saturated rings. The van der Waals surface area contributed by atoms with Crippen LogP contribution in [0.2, 0.25) is 0 Å². The highest BCUT2D eigenvalue weighted by molar-refractivity contribution is 8.68. The van der Waals surface area contributed by atoms with Crippen molar-refractivity contribution in [1.29, 1.82) is 0 Å². The van der Waals surface area contributed by atoms with Crippen molar-refractivity contribution in [2.24, 2.45) is 0 Å². The Hall–Kier alpha value is -0.680. The minimum atomic E-state index is -0.405. The lowest BCUT2D eigenvalue weighted by molar-refractivity contribution is -0.384. The van der Waals surface area contributed by atoms with Crippen LogP contribution in [-0.2, 0) is 5.75 Å². The standard InChI is InChI=1S/C7H7NO2S2/c9-8(10)7-3-1-6(2-4-7)5-12-11/h1-4,11H,5H2. The summed E-state index contributed by atoms with van der Waals surface area (Å²) >= 11 is 3.98. The lowest BCUT2D eigenvalue weighted by atomic mass is 10.2. The number of rotatable bonds is 3. The Labute approximate surface area is 79.1 Å². The number of nitrogens with zero attached hydrogens (tertiary/aromatic N) is 1. The van der Waals surface area contributed by atoms with Gasteiger partial charge in [-0.25, -0.2) is 0 Å². The smallest absolute Gasteiger partial charge is 0.258 e. The first kappa shape index (κ1) is 9.41. The summed E-state index contributed by atoms with van der Waals surface area (Å²) in [5.74, 6) is 0.765. The second-order valence-electron chi connectivity index (χ2n) is 2.20. The highest BCUT2D eigenvalue weighted by Gasteiger charge is 2.02. The Kier molecular flexibility index (Phi) is 3.43.